The van der Waals surface area contributed by atoms with E-state index in [0.717, 1.165) is 5.75 Å². The van der Waals surface area contributed by atoms with E-state index in [9.17, 15) is 0 Å². The summed E-state index contributed by atoms with van der Waals surface area (Å²) in [5, 5.41) is 0. The molecule has 0 aliphatic carbocycles. The van der Waals surface area contributed by atoms with Gasteiger partial charge in [-0.2, -0.15) is 0 Å². The van der Waals surface area contributed by atoms with Gasteiger partial charge in [-0.15, -0.1) is 0 Å². The van der Waals surface area contributed by atoms with Gasteiger partial charge in [-0.05, 0) is 25.5 Å². The van der Waals surface area contributed by atoms with Crippen LogP contribution in [0.25, 0.3) is 0 Å². The summed E-state index contributed by atoms with van der Waals surface area (Å²) in [6, 6.07) is 6.13. The number of ether oxygens (including phenoxy) is 2. The molecule has 13 heavy (non-hydrogen) atoms. The van der Waals surface area contributed by atoms with Gasteiger partial charge in [-0.3, -0.25) is 0 Å². The lowest BCUT2D eigenvalue weighted by Gasteiger charge is -2.08. The molecule has 1 saturated heterocycles. The first-order chi connectivity index (χ1) is 6.07. The van der Waals surface area contributed by atoms with E-state index in [1.54, 1.807) is 0 Å². The van der Waals surface area contributed by atoms with Crippen molar-refractivity contribution in [2.24, 2.45) is 0 Å². The van der Waals surface area contributed by atoms with Crippen LogP contribution in [0.2, 0.25) is 0 Å². The third-order valence-electron chi connectivity index (χ3n) is 3.24. The van der Waals surface area contributed by atoms with Gasteiger partial charge in [0, 0.05) is 12.5 Å². The van der Waals surface area contributed by atoms with Crippen LogP contribution in [0.15, 0.2) is 18.2 Å². The predicted octanol–water partition coefficient (Wildman–Crippen LogP) is 2.35. The fourth-order valence-electron chi connectivity index (χ4n) is 2.31. The quantitative estimate of drug-likeness (QED) is 0.566. The first kappa shape index (κ1) is 7.39. The number of rotatable bonds is 0. The van der Waals surface area contributed by atoms with E-state index in [0.29, 0.717) is 0 Å². The smallest absolute Gasteiger partial charge is 0.242 e. The number of fused-ring (bicyclic) bond motifs is 3. The van der Waals surface area contributed by atoms with Gasteiger partial charge in [0.15, 0.2) is 5.60 Å². The zero-order chi connectivity index (χ0) is 9.27. The van der Waals surface area contributed by atoms with Crippen LogP contribution in [-0.4, -0.2) is 5.79 Å². The van der Waals surface area contributed by atoms with Crippen molar-refractivity contribution in [3.63, 3.8) is 0 Å². The number of hydrogen-bond donors (Lipinski definition) is 0. The molecule has 2 heterocycles. The lowest BCUT2D eigenvalue weighted by atomic mass is 9.94. The molecule has 0 spiro atoms. The normalized spacial score (nSPS) is 39.3. The Morgan fingerprint density at radius 3 is 2.69 bits per heavy atom. The molecule has 2 unspecified atom stereocenters. The number of hydrogen-bond acceptors (Lipinski definition) is 2. The molecule has 2 nitrogen and oxygen atoms in total. The second-order valence-electron chi connectivity index (χ2n) is 4.13. The Balaban J connectivity index is 2.28. The van der Waals surface area contributed by atoms with Crippen LogP contribution in [0, 0.1) is 6.92 Å². The molecule has 2 aliphatic heterocycles. The summed E-state index contributed by atoms with van der Waals surface area (Å²) in [5.74, 6) is 0.581. The maximum Gasteiger partial charge on any atom is 0.242 e. The van der Waals surface area contributed by atoms with Gasteiger partial charge in [0.1, 0.15) is 5.75 Å². The van der Waals surface area contributed by atoms with Gasteiger partial charge in [-0.25, -0.2) is 0 Å². The zero-order valence-electron chi connectivity index (χ0n) is 8.05. The highest BCUT2D eigenvalue weighted by Crippen LogP contribution is 2.64. The van der Waals surface area contributed by atoms with E-state index < -0.39 is 5.79 Å². The second kappa shape index (κ2) is 1.75. The second-order valence-corrected chi connectivity index (χ2v) is 4.13. The van der Waals surface area contributed by atoms with Gasteiger partial charge in [0.2, 0.25) is 5.79 Å². The van der Waals surface area contributed by atoms with E-state index in [4.69, 9.17) is 9.47 Å². The van der Waals surface area contributed by atoms with Crippen LogP contribution in [0.4, 0.5) is 0 Å². The van der Waals surface area contributed by atoms with E-state index in [1.165, 1.54) is 11.1 Å². The van der Waals surface area contributed by atoms with Crippen molar-refractivity contribution in [2.45, 2.75) is 32.2 Å². The van der Waals surface area contributed by atoms with Crippen molar-refractivity contribution in [3.8, 4) is 5.75 Å². The summed E-state index contributed by atoms with van der Waals surface area (Å²) >= 11 is 0. The highest BCUT2D eigenvalue weighted by atomic mass is 16.8. The van der Waals surface area contributed by atoms with Gasteiger partial charge in [0.05, 0.1) is 0 Å². The Labute approximate surface area is 77.5 Å². The average Bonchev–Trinajstić information content (AvgIpc) is 2.45. The minimum atomic E-state index is -0.401. The topological polar surface area (TPSA) is 21.8 Å². The summed E-state index contributed by atoms with van der Waals surface area (Å²) in [4.78, 5) is 0. The zero-order valence-corrected chi connectivity index (χ0v) is 8.05. The lowest BCUT2D eigenvalue weighted by Crippen LogP contribution is -2.16. The first-order valence-electron chi connectivity index (χ1n) is 4.56. The van der Waals surface area contributed by atoms with E-state index in [1.807, 2.05) is 19.1 Å². The van der Waals surface area contributed by atoms with Crippen LogP contribution in [0.1, 0.15) is 25.0 Å². The van der Waals surface area contributed by atoms with Crippen molar-refractivity contribution in [3.05, 3.63) is 29.3 Å². The van der Waals surface area contributed by atoms with Crippen LogP contribution in [0.5, 0.6) is 5.75 Å². The molecule has 2 atom stereocenters. The minimum absolute atomic E-state index is 0.201. The van der Waals surface area contributed by atoms with Crippen molar-refractivity contribution in [2.75, 3.05) is 0 Å². The van der Waals surface area contributed by atoms with Crippen molar-refractivity contribution < 1.29 is 9.47 Å². The highest BCUT2D eigenvalue weighted by Gasteiger charge is 2.73. The molecule has 0 aromatic heterocycles. The molecular weight excluding hydrogens is 164 g/mol. The molecule has 2 heteroatoms. The maximum atomic E-state index is 5.73. The summed E-state index contributed by atoms with van der Waals surface area (Å²) in [6.45, 7) is 6.18. The van der Waals surface area contributed by atoms with Gasteiger partial charge >= 0.3 is 0 Å². The summed E-state index contributed by atoms with van der Waals surface area (Å²) in [7, 11) is 0. The van der Waals surface area contributed by atoms with Crippen LogP contribution < -0.4 is 4.74 Å². The predicted molar refractivity (Wildman–Crippen MR) is 48.6 cm³/mol. The van der Waals surface area contributed by atoms with Crippen molar-refractivity contribution >= 4 is 0 Å². The molecule has 1 aromatic carbocycles. The van der Waals surface area contributed by atoms with E-state index in [2.05, 4.69) is 19.9 Å². The Morgan fingerprint density at radius 2 is 2.00 bits per heavy atom. The fraction of sp³-hybridized carbons (Fsp3) is 0.455. The van der Waals surface area contributed by atoms with Gasteiger partial charge in [0.25, 0.3) is 0 Å². The summed E-state index contributed by atoms with van der Waals surface area (Å²) < 4.78 is 11.3. The van der Waals surface area contributed by atoms with Crippen LogP contribution in [-0.2, 0) is 10.3 Å². The molecule has 68 valence electrons. The van der Waals surface area contributed by atoms with Gasteiger partial charge in [-0.1, -0.05) is 12.1 Å². The highest BCUT2D eigenvalue weighted by molar-refractivity contribution is 5.52. The SMILES string of the molecule is Cc1cccc2c1C1(C)OC1(C)O2. The van der Waals surface area contributed by atoms with E-state index in [-0.39, 0.29) is 5.60 Å². The molecule has 3 rings (SSSR count). The van der Waals surface area contributed by atoms with Crippen molar-refractivity contribution in [1.29, 1.82) is 0 Å². The maximum absolute atomic E-state index is 5.73. The molecule has 0 bridgehead atoms. The molecule has 1 fully saturated rings. The molecule has 2 aliphatic rings. The molecule has 0 N–H and O–H groups in total. The average molecular weight is 176 g/mol. The van der Waals surface area contributed by atoms with Crippen molar-refractivity contribution in [1.82, 2.24) is 0 Å². The summed E-state index contributed by atoms with van der Waals surface area (Å²) in [5.41, 5.74) is 2.27. The van der Waals surface area contributed by atoms with Crippen LogP contribution >= 0.6 is 0 Å². The molecule has 0 radical (unpaired) electrons. The minimum Gasteiger partial charge on any atom is -0.459 e. The molecule has 0 saturated carbocycles. The Kier molecular flexibility index (Phi) is 0.996. The lowest BCUT2D eigenvalue weighted by molar-refractivity contribution is 0.0780. The van der Waals surface area contributed by atoms with E-state index >= 15 is 0 Å². The van der Waals surface area contributed by atoms with Crippen LogP contribution in [0.3, 0.4) is 0 Å². The van der Waals surface area contributed by atoms with Gasteiger partial charge < -0.3 is 9.47 Å². The Hall–Kier alpha value is -1.02. The third-order valence-corrected chi connectivity index (χ3v) is 3.24. The molecule has 1 aromatic rings. The number of aryl methyl sites for hydroxylation is 1. The number of epoxide rings is 1. The molecule has 0 amide bonds. The Bertz CT molecular complexity index is 399. The standard InChI is InChI=1S/C11H12O2/c1-7-5-4-6-8-9(7)10(2)11(3,12-8)13-10/h4-6H,1-3H3. The third kappa shape index (κ3) is 0.647. The Morgan fingerprint density at radius 1 is 1.23 bits per heavy atom. The number of benzene rings is 1. The monoisotopic (exact) mass is 176 g/mol. The fourth-order valence-corrected chi connectivity index (χ4v) is 2.31. The first-order valence-corrected chi connectivity index (χ1v) is 4.56. The largest absolute Gasteiger partial charge is 0.459 e. The molecular formula is C11H12O2. The summed E-state index contributed by atoms with van der Waals surface area (Å²) in [6.07, 6.45) is 0.